The van der Waals surface area contributed by atoms with Crippen LogP contribution in [0.2, 0.25) is 0 Å². The first-order valence-electron chi connectivity index (χ1n) is 20.5. The minimum Gasteiger partial charge on any atom is -0.464 e. The van der Waals surface area contributed by atoms with Gasteiger partial charge >= 0.3 is 17.9 Å². The number of amides is 3. The van der Waals surface area contributed by atoms with E-state index >= 15 is 0 Å². The second-order valence-electron chi connectivity index (χ2n) is 14.8. The Bertz CT molecular complexity index is 1660. The highest BCUT2D eigenvalue weighted by molar-refractivity contribution is 5.91. The van der Waals surface area contributed by atoms with E-state index < -0.39 is 71.5 Å². The number of nitrogens with one attached hydrogen (secondary N) is 3. The Morgan fingerprint density at radius 2 is 0.717 bits per heavy atom. The molecule has 0 radical (unpaired) electrons. The van der Waals surface area contributed by atoms with Gasteiger partial charge in [-0.25, -0.2) is 14.4 Å². The van der Waals surface area contributed by atoms with Crippen LogP contribution < -0.4 is 16.0 Å². The highest BCUT2D eigenvalue weighted by atomic mass is 16.5. The van der Waals surface area contributed by atoms with E-state index in [1.54, 1.807) is 18.2 Å². The molecule has 0 saturated heterocycles. The van der Waals surface area contributed by atoms with Gasteiger partial charge in [0, 0.05) is 37.0 Å². The highest BCUT2D eigenvalue weighted by Crippen LogP contribution is 2.35. The van der Waals surface area contributed by atoms with E-state index in [0.29, 0.717) is 19.3 Å². The van der Waals surface area contributed by atoms with Crippen LogP contribution in [0.15, 0.2) is 129 Å². The Balaban J connectivity index is 1.62. The Morgan fingerprint density at radius 3 is 0.950 bits per heavy atom. The smallest absolute Gasteiger partial charge is 0.328 e. The van der Waals surface area contributed by atoms with Gasteiger partial charge < -0.3 is 30.2 Å². The first-order valence-corrected chi connectivity index (χ1v) is 20.5. The fourth-order valence-corrected chi connectivity index (χ4v) is 6.99. The average molecular weight is 820 g/mol. The fraction of sp³-hybridized carbons (Fsp3) is 0.375. The van der Waals surface area contributed by atoms with Crippen LogP contribution >= 0.6 is 0 Å². The SMILES string of the molecule is C=CCCOC(=O)C(Cc1ccccc1)NC(=O)[C@@H]1C[C@H](C(=O)NC(Cc2ccccc2)C(=O)OCCC=C)C[C@H](C(=O)N[C@@H](Cc2ccccc2)C(=O)OCCC=C)C1. The van der Waals surface area contributed by atoms with Crippen LogP contribution in [0.1, 0.15) is 55.2 Å². The number of esters is 3. The maximum Gasteiger partial charge on any atom is 0.328 e. The average Bonchev–Trinajstić information content (AvgIpc) is 3.26. The lowest BCUT2D eigenvalue weighted by Crippen LogP contribution is -2.52. The summed E-state index contributed by atoms with van der Waals surface area (Å²) >= 11 is 0. The summed E-state index contributed by atoms with van der Waals surface area (Å²) in [6.07, 6.45) is 6.62. The van der Waals surface area contributed by atoms with Crippen molar-refractivity contribution in [1.29, 1.82) is 0 Å². The van der Waals surface area contributed by atoms with Crippen molar-refractivity contribution in [2.45, 2.75) is 75.9 Å². The van der Waals surface area contributed by atoms with Gasteiger partial charge in [-0.05, 0) is 55.2 Å². The molecule has 1 aliphatic carbocycles. The topological polar surface area (TPSA) is 166 Å². The van der Waals surface area contributed by atoms with E-state index in [-0.39, 0.29) is 58.3 Å². The lowest BCUT2D eigenvalue weighted by atomic mass is 9.73. The minimum atomic E-state index is -1.06. The molecule has 6 atom stereocenters. The molecule has 0 bridgehead atoms. The van der Waals surface area contributed by atoms with Crippen LogP contribution in [0, 0.1) is 17.8 Å². The fourth-order valence-electron chi connectivity index (χ4n) is 6.99. The van der Waals surface area contributed by atoms with E-state index in [9.17, 15) is 28.8 Å². The molecule has 3 aromatic carbocycles. The molecular formula is C48H57N3O9. The summed E-state index contributed by atoms with van der Waals surface area (Å²) in [5.74, 6) is -6.26. The number of hydrogen-bond donors (Lipinski definition) is 3. The maximum absolute atomic E-state index is 14.2. The number of carbonyl (C=O) groups is 6. The predicted molar refractivity (Wildman–Crippen MR) is 228 cm³/mol. The van der Waals surface area contributed by atoms with Crippen molar-refractivity contribution in [2.24, 2.45) is 17.8 Å². The quantitative estimate of drug-likeness (QED) is 0.0454. The third-order valence-electron chi connectivity index (χ3n) is 10.2. The van der Waals surface area contributed by atoms with Crippen LogP contribution in [0.3, 0.4) is 0 Å². The number of rotatable bonds is 24. The second kappa shape index (κ2) is 25.2. The summed E-state index contributed by atoms with van der Waals surface area (Å²) in [4.78, 5) is 82.8. The molecule has 0 spiro atoms. The normalized spacial score (nSPS) is 17.3. The van der Waals surface area contributed by atoms with E-state index in [4.69, 9.17) is 14.2 Å². The standard InChI is InChI=1S/C48H57N3O9/c1-4-7-25-58-46(55)40(28-34-19-13-10-14-20-34)49-43(52)37-31-38(44(53)50-41(47(56)59-26-8-5-2)29-35-21-15-11-16-22-35)33-39(32-37)45(54)51-42(48(57)60-27-9-6-3)30-36-23-17-12-18-24-36/h4-6,10-24,37-42H,1-3,7-9,25-33H2,(H,49,52)(H,50,53)(H,51,54)/t37-,38+,39-,40-,41?,42?/m0/s1. The summed E-state index contributed by atoms with van der Waals surface area (Å²) in [7, 11) is 0. The molecule has 0 aliphatic heterocycles. The molecule has 3 N–H and O–H groups in total. The van der Waals surface area contributed by atoms with E-state index in [1.807, 2.05) is 91.0 Å². The molecule has 60 heavy (non-hydrogen) atoms. The van der Waals surface area contributed by atoms with Crippen molar-refractivity contribution in [2.75, 3.05) is 19.8 Å². The highest BCUT2D eigenvalue weighted by Gasteiger charge is 2.42. The van der Waals surface area contributed by atoms with E-state index in [2.05, 4.69) is 35.7 Å². The zero-order valence-electron chi connectivity index (χ0n) is 34.1. The molecule has 1 aliphatic rings. The predicted octanol–water partition coefficient (Wildman–Crippen LogP) is 5.56. The number of ether oxygens (including phenoxy) is 3. The van der Waals surface area contributed by atoms with Crippen LogP contribution in [-0.4, -0.2) is 73.6 Å². The van der Waals surface area contributed by atoms with E-state index in [1.165, 1.54) is 0 Å². The molecule has 3 amide bonds. The molecule has 12 nitrogen and oxygen atoms in total. The molecule has 4 rings (SSSR count). The monoisotopic (exact) mass is 819 g/mol. The van der Waals surface area contributed by atoms with Crippen molar-refractivity contribution in [3.63, 3.8) is 0 Å². The van der Waals surface area contributed by atoms with E-state index in [0.717, 1.165) is 16.7 Å². The lowest BCUT2D eigenvalue weighted by molar-refractivity contribution is -0.150. The van der Waals surface area contributed by atoms with Crippen molar-refractivity contribution < 1.29 is 43.0 Å². The molecule has 2 unspecified atom stereocenters. The first kappa shape index (κ1) is 46.4. The molecule has 1 fully saturated rings. The van der Waals surface area contributed by atoms with Crippen molar-refractivity contribution in [3.8, 4) is 0 Å². The summed E-state index contributed by atoms with van der Waals surface area (Å²) in [6, 6.07) is 24.3. The maximum atomic E-state index is 14.2. The van der Waals surface area contributed by atoms with Crippen molar-refractivity contribution in [3.05, 3.63) is 146 Å². The molecule has 0 aromatic heterocycles. The third kappa shape index (κ3) is 15.5. The summed E-state index contributed by atoms with van der Waals surface area (Å²) in [6.45, 7) is 11.2. The number of carbonyl (C=O) groups excluding carboxylic acids is 6. The Morgan fingerprint density at radius 1 is 0.467 bits per heavy atom. The largest absolute Gasteiger partial charge is 0.464 e. The van der Waals surface area contributed by atoms with Gasteiger partial charge in [-0.3, -0.25) is 14.4 Å². The molecule has 0 heterocycles. The van der Waals surface area contributed by atoms with Crippen molar-refractivity contribution in [1.82, 2.24) is 16.0 Å². The van der Waals surface area contributed by atoms with Crippen molar-refractivity contribution >= 4 is 35.6 Å². The Labute approximate surface area is 352 Å². The lowest BCUT2D eigenvalue weighted by Gasteiger charge is -2.34. The van der Waals surface area contributed by atoms with Crippen LogP contribution in [0.25, 0.3) is 0 Å². The van der Waals surface area contributed by atoms with Gasteiger partial charge in [0.25, 0.3) is 0 Å². The summed E-state index contributed by atoms with van der Waals surface area (Å²) < 4.78 is 16.4. The number of hydrogen-bond acceptors (Lipinski definition) is 9. The van der Waals surface area contributed by atoms with Gasteiger partial charge in [0.2, 0.25) is 17.7 Å². The summed E-state index contributed by atoms with van der Waals surface area (Å²) in [5, 5.41) is 8.56. The minimum absolute atomic E-state index is 0.0195. The molecule has 3 aromatic rings. The molecular weight excluding hydrogens is 763 g/mol. The zero-order valence-corrected chi connectivity index (χ0v) is 34.1. The van der Waals surface area contributed by atoms with Gasteiger partial charge in [0.1, 0.15) is 18.1 Å². The zero-order chi connectivity index (χ0) is 43.1. The molecule has 318 valence electrons. The van der Waals surface area contributed by atoms with Gasteiger partial charge in [-0.15, -0.1) is 19.7 Å². The first-order chi connectivity index (χ1) is 29.1. The summed E-state index contributed by atoms with van der Waals surface area (Å²) in [5.41, 5.74) is 2.36. The third-order valence-corrected chi connectivity index (χ3v) is 10.2. The Hall–Kier alpha value is -6.30. The number of benzene rings is 3. The molecule has 12 heteroatoms. The Kier molecular flexibility index (Phi) is 19.5. The molecule has 1 saturated carbocycles. The van der Waals surface area contributed by atoms with Gasteiger partial charge in [0.15, 0.2) is 0 Å². The van der Waals surface area contributed by atoms with Crippen LogP contribution in [0.5, 0.6) is 0 Å². The van der Waals surface area contributed by atoms with Crippen LogP contribution in [0.4, 0.5) is 0 Å². The van der Waals surface area contributed by atoms with Gasteiger partial charge in [-0.1, -0.05) is 109 Å². The second-order valence-corrected chi connectivity index (χ2v) is 14.8. The van der Waals surface area contributed by atoms with Crippen LogP contribution in [-0.2, 0) is 62.2 Å². The van der Waals surface area contributed by atoms with Gasteiger partial charge in [-0.2, -0.15) is 0 Å². The van der Waals surface area contributed by atoms with Gasteiger partial charge in [0.05, 0.1) is 19.8 Å².